The summed E-state index contributed by atoms with van der Waals surface area (Å²) in [4.78, 5) is 11.7. The average Bonchev–Trinajstić information content (AvgIpc) is 2.54. The van der Waals surface area contributed by atoms with Crippen molar-refractivity contribution in [2.75, 3.05) is 0 Å². The molecule has 1 aliphatic heterocycles. The summed E-state index contributed by atoms with van der Waals surface area (Å²) in [6, 6.07) is 0. The second-order valence-corrected chi connectivity index (χ2v) is 5.73. The number of rotatable bonds is 2. The minimum atomic E-state index is -0.618. The van der Waals surface area contributed by atoms with Gasteiger partial charge in [0.2, 0.25) is 0 Å². The Morgan fingerprint density at radius 3 is 2.72 bits per heavy atom. The lowest BCUT2D eigenvalue weighted by molar-refractivity contribution is -0.145. The maximum atomic E-state index is 11.7. The van der Waals surface area contributed by atoms with Crippen molar-refractivity contribution in [2.45, 2.75) is 32.5 Å². The average molecular weight is 248 g/mol. The van der Waals surface area contributed by atoms with Crippen molar-refractivity contribution in [3.8, 4) is 0 Å². The molecule has 2 fully saturated rings. The largest absolute Gasteiger partial charge is 0.458 e. The number of hydrogen-bond acceptors (Lipinski definition) is 3. The predicted octanol–water partition coefficient (Wildman–Crippen LogP) is 2.23. The number of fused-ring (bicyclic) bond motifs is 1. The minimum Gasteiger partial charge on any atom is -0.458 e. The van der Waals surface area contributed by atoms with E-state index in [9.17, 15) is 9.90 Å². The van der Waals surface area contributed by atoms with Crippen LogP contribution in [0.4, 0.5) is 0 Å². The van der Waals surface area contributed by atoms with Crippen LogP contribution in [-0.4, -0.2) is 23.3 Å². The summed E-state index contributed by atoms with van der Waals surface area (Å²) in [7, 11) is 0. The Morgan fingerprint density at radius 2 is 2.22 bits per heavy atom. The first kappa shape index (κ1) is 13.1. The van der Waals surface area contributed by atoms with Crippen LogP contribution >= 0.6 is 0 Å². The van der Waals surface area contributed by atoms with Crippen LogP contribution in [0.25, 0.3) is 0 Å². The summed E-state index contributed by atoms with van der Waals surface area (Å²) in [6.07, 6.45) is 1.40. The maximum Gasteiger partial charge on any atom is 0.334 e. The van der Waals surface area contributed by atoms with Crippen molar-refractivity contribution in [1.29, 1.82) is 0 Å². The van der Waals surface area contributed by atoms with E-state index in [1.807, 2.05) is 19.9 Å². The fourth-order valence-electron chi connectivity index (χ4n) is 3.47. The van der Waals surface area contributed by atoms with Gasteiger partial charge in [0.15, 0.2) is 0 Å². The van der Waals surface area contributed by atoms with Crippen molar-refractivity contribution in [2.24, 2.45) is 17.3 Å². The summed E-state index contributed by atoms with van der Waals surface area (Å²) in [5, 5.41) is 10.3. The van der Waals surface area contributed by atoms with Gasteiger partial charge in [-0.05, 0) is 18.8 Å². The van der Waals surface area contributed by atoms with Crippen LogP contribution in [0.1, 0.15) is 20.3 Å². The molecule has 2 rings (SSSR count). The number of carbonyl (C=O) groups is 1. The number of aliphatic hydroxyl groups excluding tert-OH is 1. The van der Waals surface area contributed by atoms with Gasteiger partial charge < -0.3 is 9.84 Å². The second kappa shape index (κ2) is 4.09. The molecule has 0 aromatic heterocycles. The molecule has 1 saturated carbocycles. The van der Waals surface area contributed by atoms with Crippen LogP contribution in [0.15, 0.2) is 37.0 Å². The second-order valence-electron chi connectivity index (χ2n) is 5.73. The van der Waals surface area contributed by atoms with Crippen LogP contribution < -0.4 is 0 Å². The van der Waals surface area contributed by atoms with Crippen molar-refractivity contribution < 1.29 is 14.6 Å². The molecule has 1 N–H and O–H groups in total. The Labute approximate surface area is 108 Å². The third-order valence-corrected chi connectivity index (χ3v) is 4.36. The quantitative estimate of drug-likeness (QED) is 0.463. The van der Waals surface area contributed by atoms with E-state index in [2.05, 4.69) is 19.7 Å². The number of ether oxygens (including phenoxy) is 1. The normalized spacial score (nSPS) is 43.3. The van der Waals surface area contributed by atoms with Gasteiger partial charge in [-0.2, -0.15) is 0 Å². The van der Waals surface area contributed by atoms with Gasteiger partial charge in [-0.15, -0.1) is 6.58 Å². The van der Waals surface area contributed by atoms with Gasteiger partial charge in [0.1, 0.15) is 6.10 Å². The molecule has 0 aromatic rings. The Balaban J connectivity index is 2.47. The van der Waals surface area contributed by atoms with E-state index in [1.54, 1.807) is 0 Å². The molecule has 1 heterocycles. The summed E-state index contributed by atoms with van der Waals surface area (Å²) >= 11 is 0. The van der Waals surface area contributed by atoms with Crippen LogP contribution in [-0.2, 0) is 9.53 Å². The van der Waals surface area contributed by atoms with Gasteiger partial charge in [0.25, 0.3) is 0 Å². The minimum absolute atomic E-state index is 0.0217. The summed E-state index contributed by atoms with van der Waals surface area (Å²) in [6.45, 7) is 15.6. The Morgan fingerprint density at radius 1 is 1.61 bits per heavy atom. The van der Waals surface area contributed by atoms with Crippen molar-refractivity contribution in [1.82, 2.24) is 0 Å². The molecule has 0 radical (unpaired) electrons. The van der Waals surface area contributed by atoms with Gasteiger partial charge in [0.05, 0.1) is 12.0 Å². The monoisotopic (exact) mass is 248 g/mol. The van der Waals surface area contributed by atoms with Crippen LogP contribution in [0.5, 0.6) is 0 Å². The zero-order valence-corrected chi connectivity index (χ0v) is 11.0. The first-order chi connectivity index (χ1) is 8.31. The molecule has 3 heteroatoms. The Bertz CT molecular complexity index is 437. The number of hydrogen-bond donors (Lipinski definition) is 1. The van der Waals surface area contributed by atoms with Gasteiger partial charge in [0, 0.05) is 11.5 Å². The Hall–Kier alpha value is -1.35. The molecule has 0 spiro atoms. The fraction of sp³-hybridized carbons (Fsp3) is 0.533. The molecule has 1 saturated heterocycles. The fourth-order valence-corrected chi connectivity index (χ4v) is 3.47. The topological polar surface area (TPSA) is 46.5 Å². The molecule has 98 valence electrons. The van der Waals surface area contributed by atoms with Gasteiger partial charge in [-0.3, -0.25) is 0 Å². The highest BCUT2D eigenvalue weighted by molar-refractivity contribution is 5.91. The van der Waals surface area contributed by atoms with Crippen LogP contribution in [0.3, 0.4) is 0 Å². The lowest BCUT2D eigenvalue weighted by Gasteiger charge is -2.47. The summed E-state index contributed by atoms with van der Waals surface area (Å²) < 4.78 is 5.41. The molecule has 0 aromatic carbocycles. The number of carbonyl (C=O) groups excluding carboxylic acids is 1. The smallest absolute Gasteiger partial charge is 0.334 e. The molecule has 18 heavy (non-hydrogen) atoms. The lowest BCUT2D eigenvalue weighted by atomic mass is 9.59. The summed E-state index contributed by atoms with van der Waals surface area (Å²) in [5.41, 5.74) is 1.02. The van der Waals surface area contributed by atoms with Crippen LogP contribution in [0, 0.1) is 17.3 Å². The zero-order chi connectivity index (χ0) is 13.7. The van der Waals surface area contributed by atoms with Crippen molar-refractivity contribution in [3.63, 3.8) is 0 Å². The van der Waals surface area contributed by atoms with Crippen LogP contribution in [0.2, 0.25) is 0 Å². The molecule has 0 amide bonds. The molecule has 1 aliphatic carbocycles. The lowest BCUT2D eigenvalue weighted by Crippen LogP contribution is -2.49. The molecule has 5 atom stereocenters. The van der Waals surface area contributed by atoms with E-state index in [-0.39, 0.29) is 23.4 Å². The van der Waals surface area contributed by atoms with E-state index >= 15 is 0 Å². The van der Waals surface area contributed by atoms with Gasteiger partial charge in [-0.1, -0.05) is 31.7 Å². The molecule has 0 bridgehead atoms. The number of esters is 1. The summed E-state index contributed by atoms with van der Waals surface area (Å²) in [5.74, 6) is -0.734. The van der Waals surface area contributed by atoms with Crippen molar-refractivity contribution in [3.05, 3.63) is 37.0 Å². The SMILES string of the molecule is C=C[C@]1(C)C[C@@H](O)[C@@H]2C(=C)C(=O)O[C@@H]2[C@@H]1C(=C)C. The third-order valence-electron chi connectivity index (χ3n) is 4.36. The molecule has 0 unspecified atom stereocenters. The molecule has 3 nitrogen and oxygen atoms in total. The standard InChI is InChI=1S/C15H20O3/c1-6-15(5)7-10(16)11-9(4)14(17)18-13(11)12(15)8(2)3/h6,10-13,16H,1-2,4,7H2,3,5H3/t10-,11+,12+,13+,15-/m1/s1. The number of allylic oxidation sites excluding steroid dienone is 1. The third kappa shape index (κ3) is 1.65. The zero-order valence-electron chi connectivity index (χ0n) is 11.0. The predicted molar refractivity (Wildman–Crippen MR) is 69.7 cm³/mol. The van der Waals surface area contributed by atoms with E-state index in [1.165, 1.54) is 0 Å². The maximum absolute atomic E-state index is 11.7. The first-order valence-electron chi connectivity index (χ1n) is 6.18. The van der Waals surface area contributed by atoms with E-state index in [4.69, 9.17) is 4.74 Å². The van der Waals surface area contributed by atoms with Gasteiger partial charge in [-0.25, -0.2) is 4.79 Å². The highest BCUT2D eigenvalue weighted by Crippen LogP contribution is 2.52. The van der Waals surface area contributed by atoms with E-state index in [0.29, 0.717) is 12.0 Å². The molecule has 2 aliphatic rings. The molecular formula is C15H20O3. The first-order valence-corrected chi connectivity index (χ1v) is 6.18. The van der Waals surface area contributed by atoms with Gasteiger partial charge >= 0.3 is 5.97 Å². The highest BCUT2D eigenvalue weighted by Gasteiger charge is 2.56. The van der Waals surface area contributed by atoms with E-state index in [0.717, 1.165) is 5.57 Å². The van der Waals surface area contributed by atoms with Crippen molar-refractivity contribution >= 4 is 5.97 Å². The Kier molecular flexibility index (Phi) is 2.98. The molecular weight excluding hydrogens is 228 g/mol. The number of aliphatic hydroxyl groups is 1. The van der Waals surface area contributed by atoms with E-state index < -0.39 is 12.1 Å². The highest BCUT2D eigenvalue weighted by atomic mass is 16.6.